The average molecular weight is 329 g/mol. The van der Waals surface area contributed by atoms with Gasteiger partial charge in [0.25, 0.3) is 10.0 Å². The first-order valence-electron chi connectivity index (χ1n) is 6.18. The van der Waals surface area contributed by atoms with Crippen molar-refractivity contribution in [2.24, 2.45) is 7.05 Å². The number of nitrogens with zero attached hydrogens (tertiary/aromatic N) is 2. The second-order valence-corrected chi connectivity index (χ2v) is 7.05. The van der Waals surface area contributed by atoms with Crippen LogP contribution in [0.15, 0.2) is 28.7 Å². The summed E-state index contributed by atoms with van der Waals surface area (Å²) < 4.78 is 28.2. The van der Waals surface area contributed by atoms with E-state index in [-0.39, 0.29) is 16.4 Å². The van der Waals surface area contributed by atoms with E-state index in [0.717, 1.165) is 0 Å². The highest BCUT2D eigenvalue weighted by atomic mass is 32.2. The Kier molecular flexibility index (Phi) is 4.63. The van der Waals surface area contributed by atoms with Crippen LogP contribution in [0.4, 0.5) is 5.13 Å². The minimum Gasteiger partial charge on any atom is -0.481 e. The fraction of sp³-hybridized carbons (Fsp3) is 0.333. The molecule has 114 valence electrons. The van der Waals surface area contributed by atoms with Crippen LogP contribution in [0.1, 0.15) is 18.5 Å². The molecule has 2 aromatic rings. The molecular formula is C12H15N3O4S2. The number of hydrogen-bond acceptors (Lipinski definition) is 5. The maximum absolute atomic E-state index is 12.1. The molecule has 0 aliphatic rings. The molecule has 0 radical (unpaired) electrons. The van der Waals surface area contributed by atoms with Gasteiger partial charge >= 0.3 is 5.97 Å². The van der Waals surface area contributed by atoms with Gasteiger partial charge in [0.15, 0.2) is 5.13 Å². The van der Waals surface area contributed by atoms with Gasteiger partial charge in [-0.25, -0.2) is 13.4 Å². The van der Waals surface area contributed by atoms with E-state index in [1.54, 1.807) is 23.2 Å². The van der Waals surface area contributed by atoms with Gasteiger partial charge in [-0.3, -0.25) is 9.52 Å². The van der Waals surface area contributed by atoms with Crippen molar-refractivity contribution in [3.05, 3.63) is 29.5 Å². The van der Waals surface area contributed by atoms with Crippen molar-refractivity contribution in [3.63, 3.8) is 0 Å². The number of sulfonamides is 1. The van der Waals surface area contributed by atoms with Crippen LogP contribution >= 0.6 is 11.3 Å². The number of carboxylic acid groups (broad SMARTS) is 1. The fourth-order valence-corrected chi connectivity index (χ4v) is 3.75. The normalized spacial score (nSPS) is 11.5. The molecule has 21 heavy (non-hydrogen) atoms. The summed E-state index contributed by atoms with van der Waals surface area (Å²) in [5, 5.41) is 10.6. The van der Waals surface area contributed by atoms with E-state index in [0.29, 0.717) is 18.5 Å². The van der Waals surface area contributed by atoms with Crippen LogP contribution in [0.25, 0.3) is 0 Å². The minimum atomic E-state index is -3.63. The lowest BCUT2D eigenvalue weighted by Gasteiger charge is -2.02. The molecule has 0 fully saturated rings. The molecule has 0 amide bonds. The summed E-state index contributed by atoms with van der Waals surface area (Å²) in [6.07, 6.45) is 4.21. The van der Waals surface area contributed by atoms with Crippen LogP contribution in [0.2, 0.25) is 0 Å². The Balaban J connectivity index is 2.00. The Bertz CT molecular complexity index is 733. The Labute approximate surface area is 126 Å². The largest absolute Gasteiger partial charge is 0.481 e. The number of rotatable bonds is 7. The zero-order chi connectivity index (χ0) is 15.5. The number of nitrogens with one attached hydrogen (secondary N) is 1. The molecular weight excluding hydrogens is 314 g/mol. The quantitative estimate of drug-likeness (QED) is 0.805. The van der Waals surface area contributed by atoms with Gasteiger partial charge < -0.3 is 9.67 Å². The van der Waals surface area contributed by atoms with Gasteiger partial charge in [0, 0.05) is 31.2 Å². The highest BCUT2D eigenvalue weighted by Crippen LogP contribution is 2.21. The van der Waals surface area contributed by atoms with Gasteiger partial charge in [-0.15, -0.1) is 11.3 Å². The number of aromatic nitrogens is 2. The van der Waals surface area contributed by atoms with Crippen molar-refractivity contribution in [2.75, 3.05) is 4.72 Å². The van der Waals surface area contributed by atoms with E-state index in [2.05, 4.69) is 9.71 Å². The number of carboxylic acids is 1. The lowest BCUT2D eigenvalue weighted by atomic mass is 10.2. The van der Waals surface area contributed by atoms with E-state index >= 15 is 0 Å². The lowest BCUT2D eigenvalue weighted by Crippen LogP contribution is -2.12. The maximum atomic E-state index is 12.1. The van der Waals surface area contributed by atoms with Gasteiger partial charge in [0.05, 0.1) is 5.69 Å². The molecule has 2 N–H and O–H groups in total. The van der Waals surface area contributed by atoms with E-state index < -0.39 is 16.0 Å². The second kappa shape index (κ2) is 6.27. The van der Waals surface area contributed by atoms with Gasteiger partial charge in [0.1, 0.15) is 4.90 Å². The lowest BCUT2D eigenvalue weighted by molar-refractivity contribution is -0.137. The summed E-state index contributed by atoms with van der Waals surface area (Å²) in [5.74, 6) is -0.852. The molecule has 7 nitrogen and oxygen atoms in total. The van der Waals surface area contributed by atoms with Gasteiger partial charge in [-0.1, -0.05) is 0 Å². The van der Waals surface area contributed by atoms with Crippen molar-refractivity contribution in [1.29, 1.82) is 0 Å². The molecule has 2 rings (SSSR count). The molecule has 0 aliphatic heterocycles. The number of anilines is 1. The molecule has 2 aromatic heterocycles. The molecule has 0 spiro atoms. The van der Waals surface area contributed by atoms with Crippen LogP contribution in [-0.4, -0.2) is 29.0 Å². The summed E-state index contributed by atoms with van der Waals surface area (Å²) >= 11 is 1.18. The zero-order valence-corrected chi connectivity index (χ0v) is 12.9. The topological polar surface area (TPSA) is 101 Å². The SMILES string of the molecule is Cn1ccc(S(=O)(=O)Nc2nc(CCCC(=O)O)cs2)c1. The number of aryl methyl sites for hydroxylation is 2. The first-order chi connectivity index (χ1) is 9.87. The van der Waals surface area contributed by atoms with Crippen molar-refractivity contribution < 1.29 is 18.3 Å². The Hall–Kier alpha value is -1.87. The van der Waals surface area contributed by atoms with Crippen molar-refractivity contribution >= 4 is 32.5 Å². The number of thiazole rings is 1. The first-order valence-corrected chi connectivity index (χ1v) is 8.54. The minimum absolute atomic E-state index is 0.0720. The molecule has 0 saturated carbocycles. The van der Waals surface area contributed by atoms with E-state index in [1.165, 1.54) is 23.6 Å². The fourth-order valence-electron chi connectivity index (χ4n) is 1.70. The highest BCUT2D eigenvalue weighted by molar-refractivity contribution is 7.93. The van der Waals surface area contributed by atoms with E-state index in [9.17, 15) is 13.2 Å². The summed E-state index contributed by atoms with van der Waals surface area (Å²) in [6.45, 7) is 0. The molecule has 0 unspecified atom stereocenters. The molecule has 0 atom stereocenters. The second-order valence-electron chi connectivity index (χ2n) is 4.51. The van der Waals surface area contributed by atoms with Crippen molar-refractivity contribution in [1.82, 2.24) is 9.55 Å². The molecule has 0 aliphatic carbocycles. The maximum Gasteiger partial charge on any atom is 0.303 e. The number of aliphatic carboxylic acids is 1. The molecule has 2 heterocycles. The molecule has 0 aromatic carbocycles. The van der Waals surface area contributed by atoms with Crippen molar-refractivity contribution in [2.45, 2.75) is 24.2 Å². The van der Waals surface area contributed by atoms with E-state index in [1.807, 2.05) is 0 Å². The third-order valence-electron chi connectivity index (χ3n) is 2.71. The summed E-state index contributed by atoms with van der Waals surface area (Å²) in [4.78, 5) is 14.8. The summed E-state index contributed by atoms with van der Waals surface area (Å²) in [6, 6.07) is 1.50. The van der Waals surface area contributed by atoms with Crippen LogP contribution in [0, 0.1) is 0 Å². The third-order valence-corrected chi connectivity index (χ3v) is 4.97. The summed E-state index contributed by atoms with van der Waals surface area (Å²) in [5.41, 5.74) is 0.687. The van der Waals surface area contributed by atoms with Crippen molar-refractivity contribution in [3.8, 4) is 0 Å². The van der Waals surface area contributed by atoms with E-state index in [4.69, 9.17) is 5.11 Å². The Morgan fingerprint density at radius 3 is 2.90 bits per heavy atom. The number of hydrogen-bond donors (Lipinski definition) is 2. The van der Waals surface area contributed by atoms with Crippen LogP contribution in [-0.2, 0) is 28.3 Å². The summed E-state index contributed by atoms with van der Waals surface area (Å²) in [7, 11) is -1.89. The Morgan fingerprint density at radius 1 is 1.52 bits per heavy atom. The first kappa shape index (κ1) is 15.5. The molecule has 9 heteroatoms. The smallest absolute Gasteiger partial charge is 0.303 e. The standard InChI is InChI=1S/C12H15N3O4S2/c1-15-6-5-10(7-15)21(18,19)14-12-13-9(8-20-12)3-2-4-11(16)17/h5-8H,2-4H2,1H3,(H,13,14)(H,16,17). The van der Waals surface area contributed by atoms with Crippen LogP contribution in [0.5, 0.6) is 0 Å². The van der Waals surface area contributed by atoms with Gasteiger partial charge in [-0.2, -0.15) is 0 Å². The molecule has 0 saturated heterocycles. The third kappa shape index (κ3) is 4.30. The number of carbonyl (C=O) groups is 1. The zero-order valence-electron chi connectivity index (χ0n) is 11.3. The highest BCUT2D eigenvalue weighted by Gasteiger charge is 2.17. The van der Waals surface area contributed by atoms with Crippen LogP contribution in [0.3, 0.4) is 0 Å². The van der Waals surface area contributed by atoms with Gasteiger partial charge in [0.2, 0.25) is 0 Å². The van der Waals surface area contributed by atoms with Crippen LogP contribution < -0.4 is 4.72 Å². The van der Waals surface area contributed by atoms with Gasteiger partial charge in [-0.05, 0) is 18.9 Å². The average Bonchev–Trinajstić information content (AvgIpc) is 2.98. The predicted molar refractivity (Wildman–Crippen MR) is 78.9 cm³/mol. The monoisotopic (exact) mass is 329 g/mol. The molecule has 0 bridgehead atoms. The Morgan fingerprint density at radius 2 is 2.29 bits per heavy atom. The predicted octanol–water partition coefficient (Wildman–Crippen LogP) is 1.69.